The molecule has 2 unspecified atom stereocenters. The first-order chi connectivity index (χ1) is 8.43. The first-order valence-electron chi connectivity index (χ1n) is 6.02. The van der Waals surface area contributed by atoms with E-state index < -0.39 is 6.04 Å². The van der Waals surface area contributed by atoms with Crippen LogP contribution in [0.1, 0.15) is 20.8 Å². The molecule has 0 aromatic rings. The number of thioether (sulfide) groups is 1. The molecule has 2 atom stereocenters. The maximum atomic E-state index is 11.9. The molecule has 0 spiro atoms. The SMILES string of the molecule is CC1NC(CN(C)C(=O)NC(C=O)C(C)C)=CS1. The van der Waals surface area contributed by atoms with Crippen LogP contribution in [0.4, 0.5) is 4.79 Å². The molecule has 2 amide bonds. The Morgan fingerprint density at radius 3 is 2.78 bits per heavy atom. The Labute approximate surface area is 112 Å². The van der Waals surface area contributed by atoms with E-state index in [4.69, 9.17) is 0 Å². The first-order valence-corrected chi connectivity index (χ1v) is 6.96. The zero-order valence-corrected chi connectivity index (χ0v) is 12.1. The van der Waals surface area contributed by atoms with Crippen molar-refractivity contribution in [2.75, 3.05) is 13.6 Å². The van der Waals surface area contributed by atoms with Crippen molar-refractivity contribution in [2.24, 2.45) is 5.92 Å². The highest BCUT2D eigenvalue weighted by Gasteiger charge is 2.19. The summed E-state index contributed by atoms with van der Waals surface area (Å²) in [5, 5.41) is 8.35. The molecule has 0 aromatic carbocycles. The molecule has 0 aliphatic carbocycles. The number of carbonyl (C=O) groups excluding carboxylic acids is 2. The average molecular weight is 271 g/mol. The minimum atomic E-state index is -0.432. The van der Waals surface area contributed by atoms with Gasteiger partial charge >= 0.3 is 6.03 Å². The van der Waals surface area contributed by atoms with Crippen LogP contribution >= 0.6 is 11.8 Å². The van der Waals surface area contributed by atoms with Gasteiger partial charge in [0.1, 0.15) is 6.29 Å². The van der Waals surface area contributed by atoms with Crippen LogP contribution in [-0.4, -0.2) is 42.2 Å². The van der Waals surface area contributed by atoms with E-state index in [0.717, 1.165) is 12.0 Å². The summed E-state index contributed by atoms with van der Waals surface area (Å²) in [6, 6.07) is -0.660. The average Bonchev–Trinajstić information content (AvgIpc) is 2.70. The number of amides is 2. The third-order valence-electron chi connectivity index (χ3n) is 2.71. The second-order valence-corrected chi connectivity index (χ2v) is 5.99. The van der Waals surface area contributed by atoms with Crippen molar-refractivity contribution in [2.45, 2.75) is 32.2 Å². The summed E-state index contributed by atoms with van der Waals surface area (Å²) in [5.41, 5.74) is 1.03. The standard InChI is InChI=1S/C12H21N3O2S/c1-8(2)11(6-16)14-12(17)15(4)5-10-7-18-9(3)13-10/h6-9,11,13H,5H2,1-4H3,(H,14,17). The van der Waals surface area contributed by atoms with Crippen LogP contribution in [0.3, 0.4) is 0 Å². The molecule has 0 fully saturated rings. The fourth-order valence-electron chi connectivity index (χ4n) is 1.53. The number of aldehydes is 1. The molecule has 1 aliphatic heterocycles. The van der Waals surface area contributed by atoms with E-state index in [0.29, 0.717) is 11.9 Å². The minimum absolute atomic E-state index is 0.0965. The van der Waals surface area contributed by atoms with Crippen LogP contribution in [0.5, 0.6) is 0 Å². The summed E-state index contributed by atoms with van der Waals surface area (Å²) in [4.78, 5) is 24.3. The molecule has 0 saturated carbocycles. The molecule has 6 heteroatoms. The van der Waals surface area contributed by atoms with Gasteiger partial charge < -0.3 is 20.3 Å². The van der Waals surface area contributed by atoms with Crippen LogP contribution in [0.25, 0.3) is 0 Å². The van der Waals surface area contributed by atoms with Gasteiger partial charge in [-0.05, 0) is 18.2 Å². The lowest BCUT2D eigenvalue weighted by atomic mass is 10.1. The van der Waals surface area contributed by atoms with Crippen molar-refractivity contribution >= 4 is 24.1 Å². The van der Waals surface area contributed by atoms with Crippen LogP contribution in [0, 0.1) is 5.92 Å². The molecule has 0 aromatic heterocycles. The third kappa shape index (κ3) is 4.25. The normalized spacial score (nSPS) is 20.1. The fraction of sp³-hybridized carbons (Fsp3) is 0.667. The number of hydrogen-bond acceptors (Lipinski definition) is 4. The molecular formula is C12H21N3O2S. The van der Waals surface area contributed by atoms with Crippen LogP contribution in [0.15, 0.2) is 11.1 Å². The topological polar surface area (TPSA) is 61.4 Å². The van der Waals surface area contributed by atoms with Crippen molar-refractivity contribution < 1.29 is 9.59 Å². The van der Waals surface area contributed by atoms with Crippen molar-refractivity contribution in [3.05, 3.63) is 11.1 Å². The lowest BCUT2D eigenvalue weighted by Gasteiger charge is -2.23. The first kappa shape index (κ1) is 14.9. The number of nitrogens with one attached hydrogen (secondary N) is 2. The zero-order valence-electron chi connectivity index (χ0n) is 11.3. The molecule has 2 N–H and O–H groups in total. The lowest BCUT2D eigenvalue weighted by Crippen LogP contribution is -2.47. The number of rotatable bonds is 5. The Morgan fingerprint density at radius 2 is 2.33 bits per heavy atom. The Bertz CT molecular complexity index is 344. The molecule has 0 radical (unpaired) electrons. The van der Waals surface area contributed by atoms with Crippen molar-refractivity contribution in [1.29, 1.82) is 0 Å². The van der Waals surface area contributed by atoms with Crippen molar-refractivity contribution in [3.8, 4) is 0 Å². The molecule has 1 heterocycles. The third-order valence-corrected chi connectivity index (χ3v) is 3.66. The van der Waals surface area contributed by atoms with Gasteiger partial charge in [0.15, 0.2) is 0 Å². The highest BCUT2D eigenvalue weighted by Crippen LogP contribution is 2.20. The molecule has 1 aliphatic rings. The summed E-state index contributed by atoms with van der Waals surface area (Å²) in [7, 11) is 1.72. The Hall–Kier alpha value is -1.17. The van der Waals surface area contributed by atoms with Gasteiger partial charge in [-0.25, -0.2) is 4.79 Å². The summed E-state index contributed by atoms with van der Waals surface area (Å²) in [5.74, 6) is 0.0965. The molecule has 1 rings (SSSR count). The molecular weight excluding hydrogens is 250 g/mol. The van der Waals surface area contributed by atoms with Gasteiger partial charge in [-0.15, -0.1) is 11.8 Å². The molecule has 0 bridgehead atoms. The monoisotopic (exact) mass is 271 g/mol. The molecule has 5 nitrogen and oxygen atoms in total. The van der Waals surface area contributed by atoms with Gasteiger partial charge in [0.05, 0.1) is 18.0 Å². The Balaban J connectivity index is 2.44. The van der Waals surface area contributed by atoms with Gasteiger partial charge in [0, 0.05) is 12.7 Å². The fourth-order valence-corrected chi connectivity index (χ4v) is 2.26. The van der Waals surface area contributed by atoms with Gasteiger partial charge in [-0.3, -0.25) is 0 Å². The van der Waals surface area contributed by atoms with Crippen LogP contribution < -0.4 is 10.6 Å². The van der Waals surface area contributed by atoms with E-state index in [-0.39, 0.29) is 11.9 Å². The van der Waals surface area contributed by atoms with E-state index in [1.165, 1.54) is 0 Å². The van der Waals surface area contributed by atoms with E-state index in [9.17, 15) is 9.59 Å². The van der Waals surface area contributed by atoms with Gasteiger partial charge in [-0.1, -0.05) is 13.8 Å². The number of nitrogens with zero attached hydrogens (tertiary/aromatic N) is 1. The number of carbonyl (C=O) groups is 2. The van der Waals surface area contributed by atoms with Crippen molar-refractivity contribution in [3.63, 3.8) is 0 Å². The van der Waals surface area contributed by atoms with Gasteiger partial charge in [0.2, 0.25) is 0 Å². The summed E-state index contributed by atoms with van der Waals surface area (Å²) >= 11 is 1.69. The van der Waals surface area contributed by atoms with Crippen molar-refractivity contribution in [1.82, 2.24) is 15.5 Å². The smallest absolute Gasteiger partial charge is 0.318 e. The Morgan fingerprint density at radius 1 is 1.67 bits per heavy atom. The number of urea groups is 1. The molecule has 18 heavy (non-hydrogen) atoms. The zero-order chi connectivity index (χ0) is 13.7. The molecule has 0 saturated heterocycles. The Kier molecular flexibility index (Phi) is 5.53. The predicted molar refractivity (Wildman–Crippen MR) is 74.1 cm³/mol. The highest BCUT2D eigenvalue weighted by molar-refractivity contribution is 8.02. The number of likely N-dealkylation sites (N-methyl/N-ethyl adjacent to an activating group) is 1. The summed E-state index contributed by atoms with van der Waals surface area (Å²) < 4.78 is 0. The maximum Gasteiger partial charge on any atom is 0.318 e. The quantitative estimate of drug-likeness (QED) is 0.742. The van der Waals surface area contributed by atoms with E-state index in [1.807, 2.05) is 19.3 Å². The highest BCUT2D eigenvalue weighted by atomic mass is 32.2. The minimum Gasteiger partial charge on any atom is -0.375 e. The van der Waals surface area contributed by atoms with Crippen LogP contribution in [0.2, 0.25) is 0 Å². The lowest BCUT2D eigenvalue weighted by molar-refractivity contribution is -0.110. The van der Waals surface area contributed by atoms with Gasteiger partial charge in [0.25, 0.3) is 0 Å². The largest absolute Gasteiger partial charge is 0.375 e. The summed E-state index contributed by atoms with van der Waals surface area (Å²) in [6.07, 6.45) is 0.779. The second-order valence-electron chi connectivity index (χ2n) is 4.78. The van der Waals surface area contributed by atoms with Gasteiger partial charge in [-0.2, -0.15) is 0 Å². The summed E-state index contributed by atoms with van der Waals surface area (Å²) in [6.45, 7) is 6.39. The van der Waals surface area contributed by atoms with E-state index in [2.05, 4.69) is 17.6 Å². The van der Waals surface area contributed by atoms with E-state index in [1.54, 1.807) is 23.7 Å². The maximum absolute atomic E-state index is 11.9. The van der Waals surface area contributed by atoms with E-state index >= 15 is 0 Å². The van der Waals surface area contributed by atoms with Crippen LogP contribution in [-0.2, 0) is 4.79 Å². The number of hydrogen-bond donors (Lipinski definition) is 2. The predicted octanol–water partition coefficient (Wildman–Crippen LogP) is 1.38. The second kappa shape index (κ2) is 6.68. The molecule has 102 valence electrons.